The lowest BCUT2D eigenvalue weighted by molar-refractivity contribution is -0.915. The van der Waals surface area contributed by atoms with Crippen molar-refractivity contribution in [1.29, 1.82) is 0 Å². The Labute approximate surface area is 162 Å². The Morgan fingerprint density at radius 3 is 2.40 bits per heavy atom. The molecule has 0 N–H and O–H groups in total. The summed E-state index contributed by atoms with van der Waals surface area (Å²) in [6, 6.07) is 11.0. The summed E-state index contributed by atoms with van der Waals surface area (Å²) >= 11 is 1.90. The van der Waals surface area contributed by atoms with Gasteiger partial charge < -0.3 is 17.1 Å². The van der Waals surface area contributed by atoms with Crippen LogP contribution in [0.4, 0.5) is 0 Å². The van der Waals surface area contributed by atoms with E-state index < -0.39 is 0 Å². The molecular weight excluding hydrogens is 350 g/mol. The van der Waals surface area contributed by atoms with Crippen LogP contribution in [-0.4, -0.2) is 31.9 Å². The van der Waals surface area contributed by atoms with Crippen molar-refractivity contribution in [3.8, 4) is 5.75 Å². The van der Waals surface area contributed by atoms with Gasteiger partial charge in [0.05, 0.1) is 21.1 Å². The van der Waals surface area contributed by atoms with E-state index >= 15 is 0 Å². The monoisotopic (exact) mass is 377 g/mol. The molecule has 0 aliphatic carbocycles. The van der Waals surface area contributed by atoms with Crippen LogP contribution >= 0.6 is 11.8 Å². The van der Waals surface area contributed by atoms with Gasteiger partial charge in [-0.3, -0.25) is 4.48 Å². The average molecular weight is 378 g/mol. The molecule has 1 unspecified atom stereocenters. The molecule has 0 radical (unpaired) electrons. The molecule has 0 fully saturated rings. The standard InChI is InChI=1S/C21H28NOS.ClH/c1-7-20(22(4,5)6)23-18-13-17-12-16-10-8-9-11-19(16)24-21(17)15(3)14(18)2;/h8-11,13,20H,7,12H2,1-6H3;1H/q+1;/p-1. The van der Waals surface area contributed by atoms with E-state index in [4.69, 9.17) is 4.74 Å². The zero-order valence-electron chi connectivity index (χ0n) is 16.0. The molecule has 4 heteroatoms. The van der Waals surface area contributed by atoms with Gasteiger partial charge >= 0.3 is 0 Å². The first kappa shape index (κ1) is 20.2. The number of fused-ring (bicyclic) bond motifs is 2. The van der Waals surface area contributed by atoms with Crippen LogP contribution in [0.15, 0.2) is 40.1 Å². The average Bonchev–Trinajstić information content (AvgIpc) is 2.54. The Hall–Kier alpha value is -1.16. The fraction of sp³-hybridized carbons (Fsp3) is 0.429. The Morgan fingerprint density at radius 1 is 1.08 bits per heavy atom. The maximum absolute atomic E-state index is 6.46. The van der Waals surface area contributed by atoms with Crippen LogP contribution in [0, 0.1) is 13.8 Å². The predicted octanol–water partition coefficient (Wildman–Crippen LogP) is 2.18. The van der Waals surface area contributed by atoms with Crippen molar-refractivity contribution in [1.82, 2.24) is 0 Å². The molecule has 2 aromatic rings. The van der Waals surface area contributed by atoms with Gasteiger partial charge in [0, 0.05) is 16.2 Å². The van der Waals surface area contributed by atoms with Crippen LogP contribution in [0.5, 0.6) is 5.75 Å². The second-order valence-corrected chi connectivity index (χ2v) is 8.65. The maximum atomic E-state index is 6.46. The lowest BCUT2D eigenvalue weighted by atomic mass is 9.98. The third-order valence-corrected chi connectivity index (χ3v) is 6.30. The van der Waals surface area contributed by atoms with Gasteiger partial charge in [0.25, 0.3) is 0 Å². The summed E-state index contributed by atoms with van der Waals surface area (Å²) in [7, 11) is 6.59. The Balaban J connectivity index is 0.00000225. The molecule has 0 saturated heterocycles. The molecule has 1 aliphatic heterocycles. The minimum atomic E-state index is 0. The molecule has 0 bridgehead atoms. The number of nitrogens with zero attached hydrogens (tertiary/aromatic N) is 1. The summed E-state index contributed by atoms with van der Waals surface area (Å²) in [5.41, 5.74) is 5.45. The molecule has 0 spiro atoms. The van der Waals surface area contributed by atoms with Crippen LogP contribution < -0.4 is 17.1 Å². The molecule has 1 atom stereocenters. The fourth-order valence-corrected chi connectivity index (χ4v) is 4.53. The molecule has 2 aromatic carbocycles. The molecule has 136 valence electrons. The number of halogens is 1. The second kappa shape index (κ2) is 7.61. The Morgan fingerprint density at radius 2 is 1.76 bits per heavy atom. The van der Waals surface area contributed by atoms with E-state index in [-0.39, 0.29) is 18.6 Å². The van der Waals surface area contributed by atoms with Gasteiger partial charge in [-0.15, -0.1) is 0 Å². The first-order valence-corrected chi connectivity index (χ1v) is 9.49. The summed E-state index contributed by atoms with van der Waals surface area (Å²) in [5.74, 6) is 1.05. The molecule has 1 heterocycles. The number of quaternary nitrogens is 1. The van der Waals surface area contributed by atoms with Gasteiger partial charge in [0.2, 0.25) is 6.23 Å². The summed E-state index contributed by atoms with van der Waals surface area (Å²) in [6.07, 6.45) is 2.16. The van der Waals surface area contributed by atoms with E-state index in [0.29, 0.717) is 0 Å². The highest BCUT2D eigenvalue weighted by Gasteiger charge is 2.26. The summed E-state index contributed by atoms with van der Waals surface area (Å²) in [6.45, 7) is 6.62. The summed E-state index contributed by atoms with van der Waals surface area (Å²) in [5, 5.41) is 0. The lowest BCUT2D eigenvalue weighted by Crippen LogP contribution is -3.00. The largest absolute Gasteiger partial charge is 1.00 e. The van der Waals surface area contributed by atoms with E-state index in [9.17, 15) is 0 Å². The number of hydrogen-bond acceptors (Lipinski definition) is 2. The van der Waals surface area contributed by atoms with Crippen LogP contribution in [0.3, 0.4) is 0 Å². The van der Waals surface area contributed by atoms with E-state index in [0.717, 1.165) is 23.1 Å². The molecule has 0 aromatic heterocycles. The first-order chi connectivity index (χ1) is 11.3. The van der Waals surface area contributed by atoms with Gasteiger partial charge in [-0.2, -0.15) is 0 Å². The van der Waals surface area contributed by atoms with Crippen molar-refractivity contribution in [2.24, 2.45) is 0 Å². The van der Waals surface area contributed by atoms with Crippen molar-refractivity contribution < 1.29 is 21.6 Å². The molecule has 0 saturated carbocycles. The second-order valence-electron chi connectivity index (χ2n) is 7.60. The Bertz CT molecular complexity index is 767. The highest BCUT2D eigenvalue weighted by Crippen LogP contribution is 2.44. The zero-order valence-corrected chi connectivity index (χ0v) is 17.6. The van der Waals surface area contributed by atoms with Gasteiger partial charge in [-0.05, 0) is 54.7 Å². The number of ether oxygens (including phenoxy) is 1. The maximum Gasteiger partial charge on any atom is 0.232 e. The number of benzene rings is 2. The number of hydrogen-bond donors (Lipinski definition) is 0. The van der Waals surface area contributed by atoms with Crippen LogP contribution in [0.1, 0.15) is 35.6 Å². The van der Waals surface area contributed by atoms with Gasteiger partial charge in [0.15, 0.2) is 0 Å². The van der Waals surface area contributed by atoms with Crippen LogP contribution in [0.2, 0.25) is 0 Å². The topological polar surface area (TPSA) is 9.23 Å². The quantitative estimate of drug-likeness (QED) is 0.509. The summed E-state index contributed by atoms with van der Waals surface area (Å²) in [4.78, 5) is 2.80. The van der Waals surface area contributed by atoms with Crippen molar-refractivity contribution in [2.45, 2.75) is 49.6 Å². The fourth-order valence-electron chi connectivity index (χ4n) is 3.32. The van der Waals surface area contributed by atoms with Crippen LogP contribution in [0.25, 0.3) is 0 Å². The molecule has 1 aliphatic rings. The van der Waals surface area contributed by atoms with Crippen molar-refractivity contribution in [3.05, 3.63) is 52.6 Å². The molecule has 0 amide bonds. The van der Waals surface area contributed by atoms with E-state index in [1.807, 2.05) is 11.8 Å². The van der Waals surface area contributed by atoms with Crippen molar-refractivity contribution >= 4 is 11.8 Å². The van der Waals surface area contributed by atoms with E-state index in [1.165, 1.54) is 32.0 Å². The summed E-state index contributed by atoms with van der Waals surface area (Å²) < 4.78 is 7.27. The van der Waals surface area contributed by atoms with Crippen molar-refractivity contribution in [3.63, 3.8) is 0 Å². The third kappa shape index (κ3) is 3.99. The van der Waals surface area contributed by atoms with E-state index in [1.54, 1.807) is 0 Å². The van der Waals surface area contributed by atoms with Gasteiger partial charge in [-0.1, -0.05) is 36.9 Å². The molecule has 25 heavy (non-hydrogen) atoms. The minimum absolute atomic E-state index is 0. The molecule has 2 nitrogen and oxygen atoms in total. The Kier molecular flexibility index (Phi) is 6.13. The normalized spacial score (nSPS) is 14.2. The molecular formula is C21H28ClNOS. The third-order valence-electron chi connectivity index (χ3n) is 4.91. The lowest BCUT2D eigenvalue weighted by Gasteiger charge is -2.34. The SMILES string of the molecule is CCC(Oc1cc2c(c(C)c1C)Sc1ccccc1C2)[N+](C)(C)C.[Cl-]. The van der Waals surface area contributed by atoms with Crippen molar-refractivity contribution in [2.75, 3.05) is 21.1 Å². The smallest absolute Gasteiger partial charge is 0.232 e. The van der Waals surface area contributed by atoms with E-state index in [2.05, 4.69) is 72.2 Å². The highest BCUT2D eigenvalue weighted by atomic mass is 35.5. The highest BCUT2D eigenvalue weighted by molar-refractivity contribution is 7.99. The van der Waals surface area contributed by atoms with Gasteiger partial charge in [-0.25, -0.2) is 0 Å². The predicted molar refractivity (Wildman–Crippen MR) is 102 cm³/mol. The first-order valence-electron chi connectivity index (χ1n) is 8.68. The number of rotatable bonds is 4. The zero-order chi connectivity index (χ0) is 17.5. The van der Waals surface area contributed by atoms with Gasteiger partial charge in [0.1, 0.15) is 5.75 Å². The minimum Gasteiger partial charge on any atom is -1.00 e. The molecule has 3 rings (SSSR count). The van der Waals surface area contributed by atoms with Crippen LogP contribution in [-0.2, 0) is 6.42 Å².